The van der Waals surface area contributed by atoms with Crippen LogP contribution in [0.4, 0.5) is 18.9 Å². The monoisotopic (exact) mass is 504 g/mol. The molecular weight excluding hydrogens is 477 g/mol. The summed E-state index contributed by atoms with van der Waals surface area (Å²) in [6.07, 6.45) is -0.648. The number of nitrogens with zero attached hydrogens (tertiary/aromatic N) is 3. The number of aromatic nitrogens is 2. The van der Waals surface area contributed by atoms with Gasteiger partial charge in [0.1, 0.15) is 23.9 Å². The van der Waals surface area contributed by atoms with Crippen LogP contribution >= 0.6 is 0 Å². The smallest absolute Gasteiger partial charge is 0.492 e. The lowest BCUT2D eigenvalue weighted by atomic mass is 10.1. The number of hydrogen-bond donors (Lipinski definition) is 1. The van der Waals surface area contributed by atoms with Crippen molar-refractivity contribution >= 4 is 11.6 Å². The van der Waals surface area contributed by atoms with E-state index in [0.717, 1.165) is 43.0 Å². The van der Waals surface area contributed by atoms with E-state index < -0.39 is 12.3 Å². The van der Waals surface area contributed by atoms with Crippen LogP contribution in [0, 0.1) is 0 Å². The van der Waals surface area contributed by atoms with Crippen LogP contribution in [0.5, 0.6) is 17.2 Å². The second-order valence-corrected chi connectivity index (χ2v) is 8.30. The summed E-state index contributed by atoms with van der Waals surface area (Å²) >= 11 is 0. The molecule has 4 rings (SSSR count). The highest BCUT2D eigenvalue weighted by atomic mass is 19.4. The second kappa shape index (κ2) is 11.3. The number of hydrogen-bond acceptors (Lipinski definition) is 6. The number of ether oxygens (including phenoxy) is 3. The average Bonchev–Trinajstić information content (AvgIpc) is 3.50. The van der Waals surface area contributed by atoms with Gasteiger partial charge in [0, 0.05) is 31.0 Å². The normalized spacial score (nSPS) is 14.0. The zero-order valence-electron chi connectivity index (χ0n) is 19.8. The van der Waals surface area contributed by atoms with Gasteiger partial charge in [0.15, 0.2) is 6.61 Å². The Kier molecular flexibility index (Phi) is 7.99. The first-order valence-electron chi connectivity index (χ1n) is 11.5. The lowest BCUT2D eigenvalue weighted by molar-refractivity contribution is -0.274. The van der Waals surface area contributed by atoms with Gasteiger partial charge in [-0.2, -0.15) is 5.10 Å². The number of anilines is 1. The zero-order valence-corrected chi connectivity index (χ0v) is 19.8. The predicted molar refractivity (Wildman–Crippen MR) is 127 cm³/mol. The number of aryl methyl sites for hydroxylation is 1. The molecule has 2 heterocycles. The number of alkyl halides is 3. The van der Waals surface area contributed by atoms with E-state index in [1.54, 1.807) is 16.9 Å². The summed E-state index contributed by atoms with van der Waals surface area (Å²) in [4.78, 5) is 14.8. The lowest BCUT2D eigenvalue weighted by Gasteiger charge is -2.17. The third-order valence-electron chi connectivity index (χ3n) is 5.65. The molecule has 0 saturated carbocycles. The van der Waals surface area contributed by atoms with Gasteiger partial charge in [-0.05, 0) is 74.5 Å². The quantitative estimate of drug-likeness (QED) is 0.439. The Hall–Kier alpha value is -3.73. The lowest BCUT2D eigenvalue weighted by Crippen LogP contribution is -2.25. The Bertz CT molecular complexity index is 1160. The molecule has 0 bridgehead atoms. The van der Waals surface area contributed by atoms with Crippen molar-refractivity contribution in [3.63, 3.8) is 0 Å². The standard InChI is InChI=1S/C25H27F3N4O4/c1-31-22(10-11-29-31)21-16-18(4-9-23(21)34-15-14-32-12-2-3-13-32)30-24(33)17-35-19-5-7-20(8-6-19)36-25(26,27)28/h4-11,16H,2-3,12-15,17H2,1H3,(H,30,33). The zero-order chi connectivity index (χ0) is 25.5. The summed E-state index contributed by atoms with van der Waals surface area (Å²) in [5.41, 5.74) is 2.16. The summed E-state index contributed by atoms with van der Waals surface area (Å²) in [5.74, 6) is 0.124. The molecule has 1 aromatic heterocycles. The minimum atomic E-state index is -4.77. The van der Waals surface area contributed by atoms with Crippen molar-refractivity contribution in [1.82, 2.24) is 14.7 Å². The molecule has 1 fully saturated rings. The molecule has 192 valence electrons. The van der Waals surface area contributed by atoms with E-state index in [0.29, 0.717) is 18.0 Å². The summed E-state index contributed by atoms with van der Waals surface area (Å²) < 4.78 is 53.8. The molecular formula is C25H27F3N4O4. The molecule has 8 nitrogen and oxygen atoms in total. The molecule has 0 aliphatic carbocycles. The van der Waals surface area contributed by atoms with Crippen LogP contribution in [0.15, 0.2) is 54.7 Å². The molecule has 0 spiro atoms. The van der Waals surface area contributed by atoms with Gasteiger partial charge in [0.05, 0.1) is 5.69 Å². The second-order valence-electron chi connectivity index (χ2n) is 8.30. The molecule has 0 radical (unpaired) electrons. The van der Waals surface area contributed by atoms with Crippen molar-refractivity contribution in [3.05, 3.63) is 54.7 Å². The number of amides is 1. The molecule has 2 aromatic carbocycles. The first-order chi connectivity index (χ1) is 17.3. The van der Waals surface area contributed by atoms with Crippen molar-refractivity contribution < 1.29 is 32.2 Å². The van der Waals surface area contributed by atoms with Gasteiger partial charge in [-0.1, -0.05) is 0 Å². The number of benzene rings is 2. The fraction of sp³-hybridized carbons (Fsp3) is 0.360. The largest absolute Gasteiger partial charge is 0.573 e. The summed E-state index contributed by atoms with van der Waals surface area (Å²) in [6, 6.07) is 12.0. The maximum Gasteiger partial charge on any atom is 0.573 e. The Morgan fingerprint density at radius 2 is 1.75 bits per heavy atom. The Labute approximate surface area is 206 Å². The van der Waals surface area contributed by atoms with Crippen LogP contribution in [0.1, 0.15) is 12.8 Å². The molecule has 1 saturated heterocycles. The van der Waals surface area contributed by atoms with E-state index in [-0.39, 0.29) is 18.1 Å². The number of rotatable bonds is 10. The molecule has 36 heavy (non-hydrogen) atoms. The number of carbonyl (C=O) groups excluding carboxylic acids is 1. The van der Waals surface area contributed by atoms with Gasteiger partial charge in [-0.3, -0.25) is 14.4 Å². The molecule has 1 N–H and O–H groups in total. The Balaban J connectivity index is 1.37. The first-order valence-corrected chi connectivity index (χ1v) is 11.5. The van der Waals surface area contributed by atoms with Crippen molar-refractivity contribution in [1.29, 1.82) is 0 Å². The van der Waals surface area contributed by atoms with E-state index in [9.17, 15) is 18.0 Å². The highest BCUT2D eigenvalue weighted by Gasteiger charge is 2.31. The molecule has 11 heteroatoms. The van der Waals surface area contributed by atoms with E-state index in [1.807, 2.05) is 25.2 Å². The molecule has 1 amide bonds. The van der Waals surface area contributed by atoms with Gasteiger partial charge in [0.2, 0.25) is 0 Å². The predicted octanol–water partition coefficient (Wildman–Crippen LogP) is 4.48. The molecule has 0 atom stereocenters. The van der Waals surface area contributed by atoms with Crippen LogP contribution in [0.25, 0.3) is 11.3 Å². The third kappa shape index (κ3) is 7.14. The number of carbonyl (C=O) groups is 1. The summed E-state index contributed by atoms with van der Waals surface area (Å²) in [6.45, 7) is 3.27. The molecule has 1 aliphatic rings. The van der Waals surface area contributed by atoms with Crippen molar-refractivity contribution in [2.75, 3.05) is 38.2 Å². The Morgan fingerprint density at radius 3 is 2.42 bits per heavy atom. The minimum Gasteiger partial charge on any atom is -0.492 e. The highest BCUT2D eigenvalue weighted by Crippen LogP contribution is 2.32. The average molecular weight is 505 g/mol. The fourth-order valence-electron chi connectivity index (χ4n) is 3.95. The topological polar surface area (TPSA) is 77.9 Å². The number of likely N-dealkylation sites (tertiary alicyclic amines) is 1. The van der Waals surface area contributed by atoms with Crippen LogP contribution in [-0.2, 0) is 11.8 Å². The summed E-state index contributed by atoms with van der Waals surface area (Å²) in [5, 5.41) is 7.00. The van der Waals surface area contributed by atoms with E-state index >= 15 is 0 Å². The van der Waals surface area contributed by atoms with Gasteiger partial charge in [-0.15, -0.1) is 13.2 Å². The van der Waals surface area contributed by atoms with E-state index in [1.165, 1.54) is 25.0 Å². The fourth-order valence-corrected chi connectivity index (χ4v) is 3.95. The number of halogens is 3. The Morgan fingerprint density at radius 1 is 1.03 bits per heavy atom. The van der Waals surface area contributed by atoms with Crippen LogP contribution in [-0.4, -0.2) is 59.8 Å². The molecule has 0 unspecified atom stereocenters. The van der Waals surface area contributed by atoms with Gasteiger partial charge in [-0.25, -0.2) is 0 Å². The summed E-state index contributed by atoms with van der Waals surface area (Å²) in [7, 11) is 1.83. The highest BCUT2D eigenvalue weighted by molar-refractivity contribution is 5.93. The van der Waals surface area contributed by atoms with Gasteiger partial charge >= 0.3 is 6.36 Å². The molecule has 1 aliphatic heterocycles. The first kappa shape index (κ1) is 25.4. The van der Waals surface area contributed by atoms with E-state index in [2.05, 4.69) is 20.1 Å². The van der Waals surface area contributed by atoms with Crippen LogP contribution < -0.4 is 19.5 Å². The van der Waals surface area contributed by atoms with Crippen LogP contribution in [0.2, 0.25) is 0 Å². The van der Waals surface area contributed by atoms with Gasteiger partial charge in [0.25, 0.3) is 5.91 Å². The van der Waals surface area contributed by atoms with Crippen molar-refractivity contribution in [2.45, 2.75) is 19.2 Å². The van der Waals surface area contributed by atoms with Crippen LogP contribution in [0.3, 0.4) is 0 Å². The minimum absolute atomic E-state index is 0.233. The SMILES string of the molecule is Cn1nccc1-c1cc(NC(=O)COc2ccc(OC(F)(F)F)cc2)ccc1OCCN1CCCC1. The van der Waals surface area contributed by atoms with Crippen molar-refractivity contribution in [2.24, 2.45) is 7.05 Å². The number of nitrogens with one attached hydrogen (secondary N) is 1. The van der Waals surface area contributed by atoms with E-state index in [4.69, 9.17) is 9.47 Å². The maximum atomic E-state index is 12.4. The van der Waals surface area contributed by atoms with Crippen molar-refractivity contribution in [3.8, 4) is 28.5 Å². The maximum absolute atomic E-state index is 12.4. The third-order valence-corrected chi connectivity index (χ3v) is 5.65. The van der Waals surface area contributed by atoms with Gasteiger partial charge < -0.3 is 19.5 Å². The molecule has 3 aromatic rings.